The van der Waals surface area contributed by atoms with E-state index in [1.165, 1.54) is 0 Å². The fourth-order valence-corrected chi connectivity index (χ4v) is 3.20. The van der Waals surface area contributed by atoms with Gasteiger partial charge in [-0.1, -0.05) is 6.07 Å². The van der Waals surface area contributed by atoms with Crippen LogP contribution in [0.5, 0.6) is 11.5 Å². The van der Waals surface area contributed by atoms with Gasteiger partial charge in [-0.05, 0) is 6.07 Å². The van der Waals surface area contributed by atoms with Crippen LogP contribution in [0.25, 0.3) is 0 Å². The lowest BCUT2D eigenvalue weighted by atomic mass is 10.1. The third-order valence-electron chi connectivity index (χ3n) is 4.70. The first-order valence-electron chi connectivity index (χ1n) is 9.08. The number of rotatable bonds is 8. The monoisotopic (exact) mass is 387 g/mol. The first kappa shape index (κ1) is 19.7. The number of amides is 2. The number of carbonyl (C=O) groups is 2. The van der Waals surface area contributed by atoms with E-state index in [1.54, 1.807) is 26.6 Å². The lowest BCUT2D eigenvalue weighted by molar-refractivity contribution is -0.134. The molecule has 3 N–H and O–H groups in total. The number of imidazole rings is 1. The number of aromatic nitrogens is 2. The predicted octanol–water partition coefficient (Wildman–Crippen LogP) is 0.434. The number of H-pyrrole nitrogens is 1. The highest BCUT2D eigenvalue weighted by atomic mass is 16.5. The Hall–Kier alpha value is -3.07. The minimum Gasteiger partial charge on any atom is -0.497 e. The lowest BCUT2D eigenvalue weighted by Gasteiger charge is -2.35. The van der Waals surface area contributed by atoms with Crippen LogP contribution >= 0.6 is 0 Å². The average molecular weight is 387 g/mol. The number of piperazine rings is 1. The molecule has 3 rings (SSSR count). The molecule has 0 bridgehead atoms. The zero-order valence-corrected chi connectivity index (χ0v) is 16.0. The van der Waals surface area contributed by atoms with Crippen LogP contribution in [0.1, 0.15) is 17.8 Å². The molecule has 0 spiro atoms. The molecule has 1 aliphatic heterocycles. The second-order valence-electron chi connectivity index (χ2n) is 6.47. The lowest BCUT2D eigenvalue weighted by Crippen LogP contribution is -2.56. The number of benzene rings is 1. The van der Waals surface area contributed by atoms with Crippen molar-refractivity contribution >= 4 is 11.8 Å². The SMILES string of the molecule is COc1ccc(CN2CCNC(=O)[C@H]2CC(=O)NCc2ncc[nH]2)c(OC)c1. The Balaban J connectivity index is 1.66. The molecule has 9 heteroatoms. The Morgan fingerprint density at radius 2 is 2.21 bits per heavy atom. The summed E-state index contributed by atoms with van der Waals surface area (Å²) < 4.78 is 10.7. The molecule has 1 aliphatic rings. The van der Waals surface area contributed by atoms with Crippen LogP contribution in [0.3, 0.4) is 0 Å². The van der Waals surface area contributed by atoms with Gasteiger partial charge in [0.15, 0.2) is 0 Å². The fraction of sp³-hybridized carbons (Fsp3) is 0.421. The van der Waals surface area contributed by atoms with Gasteiger partial charge in [-0.3, -0.25) is 14.5 Å². The molecule has 0 radical (unpaired) electrons. The zero-order chi connectivity index (χ0) is 19.9. The molecule has 28 heavy (non-hydrogen) atoms. The van der Waals surface area contributed by atoms with E-state index in [-0.39, 0.29) is 18.2 Å². The molecule has 0 saturated carbocycles. The van der Waals surface area contributed by atoms with Gasteiger partial charge in [0, 0.05) is 43.7 Å². The predicted molar refractivity (Wildman–Crippen MR) is 102 cm³/mol. The number of aromatic amines is 1. The molecule has 1 aromatic heterocycles. The molecule has 2 aromatic rings. The van der Waals surface area contributed by atoms with Crippen LogP contribution in [0.15, 0.2) is 30.6 Å². The van der Waals surface area contributed by atoms with Crippen molar-refractivity contribution in [2.24, 2.45) is 0 Å². The molecule has 9 nitrogen and oxygen atoms in total. The molecule has 150 valence electrons. The smallest absolute Gasteiger partial charge is 0.237 e. The van der Waals surface area contributed by atoms with E-state index >= 15 is 0 Å². The van der Waals surface area contributed by atoms with Gasteiger partial charge >= 0.3 is 0 Å². The van der Waals surface area contributed by atoms with Crippen LogP contribution in [-0.2, 0) is 22.7 Å². The Morgan fingerprint density at radius 3 is 2.93 bits per heavy atom. The molecular weight excluding hydrogens is 362 g/mol. The van der Waals surface area contributed by atoms with Crippen molar-refractivity contribution in [1.29, 1.82) is 0 Å². The highest BCUT2D eigenvalue weighted by Gasteiger charge is 2.32. The Labute approximate surface area is 163 Å². The summed E-state index contributed by atoms with van der Waals surface area (Å²) in [6, 6.07) is 5.03. The van der Waals surface area contributed by atoms with Crippen molar-refractivity contribution in [2.45, 2.75) is 25.6 Å². The quantitative estimate of drug-likeness (QED) is 0.606. The number of methoxy groups -OCH3 is 2. The highest BCUT2D eigenvalue weighted by molar-refractivity contribution is 5.88. The summed E-state index contributed by atoms with van der Waals surface area (Å²) in [5, 5.41) is 5.63. The summed E-state index contributed by atoms with van der Waals surface area (Å²) in [7, 11) is 3.20. The Kier molecular flexibility index (Phi) is 6.49. The fourth-order valence-electron chi connectivity index (χ4n) is 3.20. The highest BCUT2D eigenvalue weighted by Crippen LogP contribution is 2.27. The number of hydrogen-bond acceptors (Lipinski definition) is 6. The third-order valence-corrected chi connectivity index (χ3v) is 4.70. The standard InChI is InChI=1S/C19H25N5O4/c1-27-14-4-3-13(16(9-14)28-2)12-24-8-7-22-19(26)15(24)10-18(25)23-11-17-20-5-6-21-17/h3-6,9,15H,7-8,10-12H2,1-2H3,(H,20,21)(H,22,26)(H,23,25)/t15-/m1/s1. The molecule has 1 fully saturated rings. The van der Waals surface area contributed by atoms with Gasteiger partial charge < -0.3 is 25.1 Å². The third kappa shape index (κ3) is 4.80. The van der Waals surface area contributed by atoms with E-state index in [2.05, 4.69) is 20.6 Å². The number of hydrogen-bond donors (Lipinski definition) is 3. The summed E-state index contributed by atoms with van der Waals surface area (Å²) in [6.45, 7) is 1.99. The molecule has 1 aromatic carbocycles. The largest absolute Gasteiger partial charge is 0.497 e. The number of carbonyl (C=O) groups excluding carboxylic acids is 2. The van der Waals surface area contributed by atoms with Crippen LogP contribution in [0.4, 0.5) is 0 Å². The van der Waals surface area contributed by atoms with Crippen LogP contribution in [0, 0.1) is 0 Å². The van der Waals surface area contributed by atoms with E-state index in [0.29, 0.717) is 43.5 Å². The van der Waals surface area contributed by atoms with Crippen molar-refractivity contribution in [3.63, 3.8) is 0 Å². The second kappa shape index (κ2) is 9.23. The summed E-state index contributed by atoms with van der Waals surface area (Å²) in [5.74, 6) is 1.70. The maximum Gasteiger partial charge on any atom is 0.237 e. The van der Waals surface area contributed by atoms with Crippen molar-refractivity contribution in [1.82, 2.24) is 25.5 Å². The first-order valence-corrected chi connectivity index (χ1v) is 9.08. The molecule has 1 atom stereocenters. The van der Waals surface area contributed by atoms with Crippen LogP contribution in [0.2, 0.25) is 0 Å². The van der Waals surface area contributed by atoms with Crippen molar-refractivity contribution in [3.05, 3.63) is 42.0 Å². The van der Waals surface area contributed by atoms with Gasteiger partial charge in [-0.15, -0.1) is 0 Å². The summed E-state index contributed by atoms with van der Waals surface area (Å²) >= 11 is 0. The van der Waals surface area contributed by atoms with E-state index in [4.69, 9.17) is 9.47 Å². The van der Waals surface area contributed by atoms with E-state index in [1.807, 2.05) is 23.1 Å². The molecule has 2 amide bonds. The minimum absolute atomic E-state index is 0.0744. The summed E-state index contributed by atoms with van der Waals surface area (Å²) in [6.07, 6.45) is 3.39. The summed E-state index contributed by atoms with van der Waals surface area (Å²) in [5.41, 5.74) is 0.930. The normalized spacial score (nSPS) is 17.1. The van der Waals surface area contributed by atoms with Gasteiger partial charge in [-0.2, -0.15) is 0 Å². The Bertz CT molecular complexity index is 809. The van der Waals surface area contributed by atoms with Crippen molar-refractivity contribution < 1.29 is 19.1 Å². The topological polar surface area (TPSA) is 109 Å². The van der Waals surface area contributed by atoms with E-state index < -0.39 is 6.04 Å². The van der Waals surface area contributed by atoms with Gasteiger partial charge in [0.25, 0.3) is 0 Å². The van der Waals surface area contributed by atoms with Gasteiger partial charge in [0.05, 0.1) is 33.2 Å². The number of ether oxygens (including phenoxy) is 2. The molecule has 2 heterocycles. The van der Waals surface area contributed by atoms with Gasteiger partial charge in [-0.25, -0.2) is 4.98 Å². The first-order chi connectivity index (χ1) is 13.6. The van der Waals surface area contributed by atoms with Gasteiger partial charge in [0.1, 0.15) is 17.3 Å². The Morgan fingerprint density at radius 1 is 1.36 bits per heavy atom. The van der Waals surface area contributed by atoms with Gasteiger partial charge in [0.2, 0.25) is 11.8 Å². The summed E-state index contributed by atoms with van der Waals surface area (Å²) in [4.78, 5) is 33.8. The number of nitrogens with zero attached hydrogens (tertiary/aromatic N) is 2. The van der Waals surface area contributed by atoms with Crippen molar-refractivity contribution in [2.75, 3.05) is 27.3 Å². The zero-order valence-electron chi connectivity index (χ0n) is 16.0. The maximum atomic E-state index is 12.4. The molecule has 1 saturated heterocycles. The van der Waals surface area contributed by atoms with Crippen LogP contribution < -0.4 is 20.1 Å². The van der Waals surface area contributed by atoms with Crippen LogP contribution in [-0.4, -0.2) is 60.0 Å². The molecule has 0 aliphatic carbocycles. The second-order valence-corrected chi connectivity index (χ2v) is 6.47. The van der Waals surface area contributed by atoms with E-state index in [9.17, 15) is 9.59 Å². The molecule has 0 unspecified atom stereocenters. The average Bonchev–Trinajstić information content (AvgIpc) is 3.23. The van der Waals surface area contributed by atoms with E-state index in [0.717, 1.165) is 5.56 Å². The van der Waals surface area contributed by atoms with Crippen molar-refractivity contribution in [3.8, 4) is 11.5 Å². The maximum absolute atomic E-state index is 12.4. The minimum atomic E-state index is -0.544. The number of nitrogens with one attached hydrogen (secondary N) is 3. The molecular formula is C19H25N5O4.